The lowest BCUT2D eigenvalue weighted by Gasteiger charge is -2.20. The molecule has 0 aliphatic heterocycles. The highest BCUT2D eigenvalue weighted by Gasteiger charge is 2.16. The molecule has 26 heavy (non-hydrogen) atoms. The summed E-state index contributed by atoms with van der Waals surface area (Å²) in [5, 5.41) is 5.57. The van der Waals surface area contributed by atoms with Crippen LogP contribution in [0.5, 0.6) is 0 Å². The Hall–Kier alpha value is -2.61. The van der Waals surface area contributed by atoms with Crippen LogP contribution in [0.25, 0.3) is 10.8 Å². The Labute approximate surface area is 156 Å². The molecule has 2 nitrogen and oxygen atoms in total. The van der Waals surface area contributed by atoms with E-state index in [0.717, 1.165) is 11.3 Å². The summed E-state index contributed by atoms with van der Waals surface area (Å²) in [4.78, 5) is 12.8. The Morgan fingerprint density at radius 3 is 2.04 bits per heavy atom. The van der Waals surface area contributed by atoms with E-state index in [1.807, 2.05) is 18.2 Å². The van der Waals surface area contributed by atoms with Crippen molar-refractivity contribution < 1.29 is 4.79 Å². The summed E-state index contributed by atoms with van der Waals surface area (Å²) in [6, 6.07) is 20.8. The third-order valence-corrected chi connectivity index (χ3v) is 4.82. The molecule has 0 unspecified atom stereocenters. The third kappa shape index (κ3) is 3.96. The summed E-state index contributed by atoms with van der Waals surface area (Å²) >= 11 is 0. The molecule has 0 spiro atoms. The predicted octanol–water partition coefficient (Wildman–Crippen LogP) is 6.27. The number of rotatable bonds is 5. The zero-order chi connectivity index (χ0) is 18.7. The molecule has 0 saturated carbocycles. The van der Waals surface area contributed by atoms with Crippen LogP contribution in [0, 0.1) is 0 Å². The van der Waals surface area contributed by atoms with Gasteiger partial charge in [0, 0.05) is 5.69 Å². The van der Waals surface area contributed by atoms with Crippen molar-refractivity contribution in [2.75, 3.05) is 5.32 Å². The average Bonchev–Trinajstić information content (AvgIpc) is 2.61. The minimum atomic E-state index is 0.0373. The molecule has 3 aromatic rings. The lowest BCUT2D eigenvalue weighted by Crippen LogP contribution is -2.17. The van der Waals surface area contributed by atoms with E-state index in [-0.39, 0.29) is 5.91 Å². The fourth-order valence-corrected chi connectivity index (χ4v) is 3.41. The fourth-order valence-electron chi connectivity index (χ4n) is 3.41. The Morgan fingerprint density at radius 2 is 1.42 bits per heavy atom. The van der Waals surface area contributed by atoms with Gasteiger partial charge in [-0.2, -0.15) is 0 Å². The molecule has 0 radical (unpaired) electrons. The molecule has 0 aromatic heterocycles. The van der Waals surface area contributed by atoms with Gasteiger partial charge in [0.2, 0.25) is 5.91 Å². The maximum atomic E-state index is 12.8. The summed E-state index contributed by atoms with van der Waals surface area (Å²) in [5.74, 6) is 0.768. The molecule has 0 aliphatic carbocycles. The average molecular weight is 345 g/mol. The number of nitrogens with one attached hydrogen (secondary N) is 1. The second-order valence-electron chi connectivity index (χ2n) is 7.53. The van der Waals surface area contributed by atoms with E-state index >= 15 is 0 Å². The topological polar surface area (TPSA) is 29.1 Å². The SMILES string of the molecule is CC(C)c1cccc(C(C)C)c1NC(=O)Cc1ccc2ccccc2c1. The largest absolute Gasteiger partial charge is 0.325 e. The minimum absolute atomic E-state index is 0.0373. The number of anilines is 1. The standard InChI is InChI=1S/C24H27NO/c1-16(2)21-10-7-11-22(17(3)4)24(21)25-23(26)15-18-12-13-19-8-5-6-9-20(19)14-18/h5-14,16-17H,15H2,1-4H3,(H,25,26). The maximum absolute atomic E-state index is 12.8. The molecule has 0 saturated heterocycles. The third-order valence-electron chi connectivity index (χ3n) is 4.82. The van der Waals surface area contributed by atoms with Crippen LogP contribution in [0.2, 0.25) is 0 Å². The highest BCUT2D eigenvalue weighted by atomic mass is 16.1. The van der Waals surface area contributed by atoms with Gasteiger partial charge in [-0.25, -0.2) is 0 Å². The van der Waals surface area contributed by atoms with Crippen LogP contribution < -0.4 is 5.32 Å². The van der Waals surface area contributed by atoms with E-state index in [1.165, 1.54) is 21.9 Å². The molecule has 0 aliphatic rings. The summed E-state index contributed by atoms with van der Waals surface area (Å²) in [7, 11) is 0. The van der Waals surface area contributed by atoms with Crippen molar-refractivity contribution in [1.82, 2.24) is 0 Å². The number of para-hydroxylation sites is 1. The van der Waals surface area contributed by atoms with Gasteiger partial charge in [-0.3, -0.25) is 4.79 Å². The van der Waals surface area contributed by atoms with Crippen molar-refractivity contribution in [3.63, 3.8) is 0 Å². The molecule has 1 amide bonds. The second kappa shape index (κ2) is 7.74. The molecule has 0 bridgehead atoms. The summed E-state index contributed by atoms with van der Waals surface area (Å²) in [6.45, 7) is 8.66. The number of benzene rings is 3. The van der Waals surface area contributed by atoms with Crippen molar-refractivity contribution in [2.24, 2.45) is 0 Å². The molecule has 3 aromatic carbocycles. The molecule has 1 N–H and O–H groups in total. The number of carbonyl (C=O) groups excluding carboxylic acids is 1. The lowest BCUT2D eigenvalue weighted by molar-refractivity contribution is -0.115. The van der Waals surface area contributed by atoms with Gasteiger partial charge in [0.25, 0.3) is 0 Å². The summed E-state index contributed by atoms with van der Waals surface area (Å²) < 4.78 is 0. The first-order valence-electron chi connectivity index (χ1n) is 9.36. The van der Waals surface area contributed by atoms with Gasteiger partial charge in [-0.05, 0) is 39.3 Å². The molecule has 134 valence electrons. The monoisotopic (exact) mass is 345 g/mol. The van der Waals surface area contributed by atoms with Gasteiger partial charge < -0.3 is 5.32 Å². The van der Waals surface area contributed by atoms with Crippen molar-refractivity contribution in [1.29, 1.82) is 0 Å². The quantitative estimate of drug-likeness (QED) is 0.580. The zero-order valence-electron chi connectivity index (χ0n) is 16.0. The number of carbonyl (C=O) groups is 1. The fraction of sp³-hybridized carbons (Fsp3) is 0.292. The van der Waals surface area contributed by atoms with Gasteiger partial charge in [0.05, 0.1) is 6.42 Å². The first-order valence-corrected chi connectivity index (χ1v) is 9.36. The number of hydrogen-bond donors (Lipinski definition) is 1. The smallest absolute Gasteiger partial charge is 0.228 e. The van der Waals surface area contributed by atoms with Gasteiger partial charge >= 0.3 is 0 Å². The van der Waals surface area contributed by atoms with E-state index < -0.39 is 0 Å². The van der Waals surface area contributed by atoms with Crippen LogP contribution in [0.4, 0.5) is 5.69 Å². The Balaban J connectivity index is 1.85. The number of fused-ring (bicyclic) bond motifs is 1. The molecule has 2 heteroatoms. The van der Waals surface area contributed by atoms with E-state index in [9.17, 15) is 4.79 Å². The second-order valence-corrected chi connectivity index (χ2v) is 7.53. The molecular weight excluding hydrogens is 318 g/mol. The lowest BCUT2D eigenvalue weighted by atomic mass is 9.92. The van der Waals surface area contributed by atoms with Crippen molar-refractivity contribution in [3.05, 3.63) is 77.4 Å². The summed E-state index contributed by atoms with van der Waals surface area (Å²) in [5.41, 5.74) is 4.42. The highest BCUT2D eigenvalue weighted by molar-refractivity contribution is 5.95. The molecule has 0 fully saturated rings. The van der Waals surface area contributed by atoms with Crippen LogP contribution in [0.15, 0.2) is 60.7 Å². The minimum Gasteiger partial charge on any atom is -0.325 e. The van der Waals surface area contributed by atoms with Crippen LogP contribution in [0.3, 0.4) is 0 Å². The normalized spacial score (nSPS) is 11.3. The first-order chi connectivity index (χ1) is 12.5. The van der Waals surface area contributed by atoms with Gasteiger partial charge in [-0.1, -0.05) is 88.4 Å². The van der Waals surface area contributed by atoms with Gasteiger partial charge in [0.15, 0.2) is 0 Å². The number of amides is 1. The predicted molar refractivity (Wildman–Crippen MR) is 111 cm³/mol. The van der Waals surface area contributed by atoms with Crippen LogP contribution >= 0.6 is 0 Å². The molecule has 0 atom stereocenters. The van der Waals surface area contributed by atoms with Crippen LogP contribution in [-0.2, 0) is 11.2 Å². The van der Waals surface area contributed by atoms with E-state index in [2.05, 4.69) is 75.5 Å². The summed E-state index contributed by atoms with van der Waals surface area (Å²) in [6.07, 6.45) is 0.384. The Kier molecular flexibility index (Phi) is 5.41. The van der Waals surface area contributed by atoms with Gasteiger partial charge in [0.1, 0.15) is 0 Å². The van der Waals surface area contributed by atoms with E-state index in [4.69, 9.17) is 0 Å². The van der Waals surface area contributed by atoms with Crippen molar-refractivity contribution in [3.8, 4) is 0 Å². The van der Waals surface area contributed by atoms with Gasteiger partial charge in [-0.15, -0.1) is 0 Å². The first kappa shape index (κ1) is 18.2. The van der Waals surface area contributed by atoms with Crippen LogP contribution in [-0.4, -0.2) is 5.91 Å². The molecule has 0 heterocycles. The molecule has 3 rings (SSSR count). The highest BCUT2D eigenvalue weighted by Crippen LogP contribution is 2.32. The Bertz CT molecular complexity index is 898. The zero-order valence-corrected chi connectivity index (χ0v) is 16.0. The van der Waals surface area contributed by atoms with Crippen molar-refractivity contribution in [2.45, 2.75) is 46.0 Å². The van der Waals surface area contributed by atoms with E-state index in [0.29, 0.717) is 18.3 Å². The van der Waals surface area contributed by atoms with Crippen molar-refractivity contribution >= 4 is 22.4 Å². The molecular formula is C24H27NO. The van der Waals surface area contributed by atoms with E-state index in [1.54, 1.807) is 0 Å². The van der Waals surface area contributed by atoms with Crippen LogP contribution in [0.1, 0.15) is 56.2 Å². The maximum Gasteiger partial charge on any atom is 0.228 e. The number of hydrogen-bond acceptors (Lipinski definition) is 1. The Morgan fingerprint density at radius 1 is 0.808 bits per heavy atom.